The van der Waals surface area contributed by atoms with E-state index in [9.17, 15) is 4.79 Å². The number of aromatic nitrogens is 1. The van der Waals surface area contributed by atoms with Crippen LogP contribution in [0.5, 0.6) is 0 Å². The molecule has 2 saturated heterocycles. The van der Waals surface area contributed by atoms with Crippen molar-refractivity contribution in [2.45, 2.75) is 58.2 Å². The van der Waals surface area contributed by atoms with Crippen LogP contribution in [0.3, 0.4) is 0 Å². The smallest absolute Gasteiger partial charge is 0.227 e. The number of nitrogens with zero attached hydrogens (tertiary/aromatic N) is 4. The van der Waals surface area contributed by atoms with Crippen molar-refractivity contribution in [1.29, 1.82) is 0 Å². The highest BCUT2D eigenvalue weighted by Crippen LogP contribution is 2.32. The van der Waals surface area contributed by atoms with Gasteiger partial charge in [-0.3, -0.25) is 14.8 Å². The average Bonchev–Trinajstić information content (AvgIpc) is 3.26. The van der Waals surface area contributed by atoms with Crippen LogP contribution in [0.2, 0.25) is 0 Å². The van der Waals surface area contributed by atoms with E-state index in [1.807, 2.05) is 19.2 Å². The summed E-state index contributed by atoms with van der Waals surface area (Å²) in [6, 6.07) is 9.03. The van der Waals surface area contributed by atoms with Gasteiger partial charge in [-0.05, 0) is 80.0 Å². The molecule has 0 bridgehead atoms. The average molecular weight is 459 g/mol. The van der Waals surface area contributed by atoms with Crippen LogP contribution in [-0.2, 0) is 29.0 Å². The van der Waals surface area contributed by atoms with E-state index in [4.69, 9.17) is 9.73 Å². The van der Waals surface area contributed by atoms with E-state index in [-0.39, 0.29) is 5.91 Å². The molecule has 178 valence electrons. The zero-order valence-electron chi connectivity index (χ0n) is 20.1. The third kappa shape index (κ3) is 4.29. The Kier molecular flexibility index (Phi) is 5.95. The predicted octanol–water partition coefficient (Wildman–Crippen LogP) is 3.52. The van der Waals surface area contributed by atoms with Gasteiger partial charge in [0.1, 0.15) is 0 Å². The molecule has 0 radical (unpaired) electrons. The SMILES string of the molecule is Cc1cc(C2=NCc3cc4c(cc32)CN([C@@H]2CCCN(CC3CCOCC3)C2)C(=O)C4)ccn1. The van der Waals surface area contributed by atoms with E-state index in [0.717, 1.165) is 68.7 Å². The Morgan fingerprint density at radius 1 is 1.09 bits per heavy atom. The summed E-state index contributed by atoms with van der Waals surface area (Å²) in [7, 11) is 0. The minimum Gasteiger partial charge on any atom is -0.381 e. The number of carbonyl (C=O) groups excluding carboxylic acids is 1. The Morgan fingerprint density at radius 3 is 2.82 bits per heavy atom. The van der Waals surface area contributed by atoms with Gasteiger partial charge in [-0.2, -0.15) is 0 Å². The minimum atomic E-state index is 0.286. The Morgan fingerprint density at radius 2 is 1.97 bits per heavy atom. The molecule has 4 aliphatic heterocycles. The van der Waals surface area contributed by atoms with Crippen molar-refractivity contribution in [2.24, 2.45) is 10.9 Å². The van der Waals surface area contributed by atoms with Crippen LogP contribution in [0.4, 0.5) is 0 Å². The molecule has 1 amide bonds. The van der Waals surface area contributed by atoms with Crippen molar-refractivity contribution in [3.05, 3.63) is 64.0 Å². The number of pyridine rings is 1. The number of aryl methyl sites for hydroxylation is 1. The summed E-state index contributed by atoms with van der Waals surface area (Å²) >= 11 is 0. The topological polar surface area (TPSA) is 58.0 Å². The number of piperidine rings is 1. The van der Waals surface area contributed by atoms with Crippen LogP contribution in [-0.4, -0.2) is 65.3 Å². The fourth-order valence-electron chi connectivity index (χ4n) is 6.21. The minimum absolute atomic E-state index is 0.286. The molecule has 0 saturated carbocycles. The van der Waals surface area contributed by atoms with E-state index in [2.05, 4.69) is 33.0 Å². The summed E-state index contributed by atoms with van der Waals surface area (Å²) in [6.45, 7) is 8.55. The van der Waals surface area contributed by atoms with Gasteiger partial charge in [0.2, 0.25) is 5.91 Å². The summed E-state index contributed by atoms with van der Waals surface area (Å²) in [5.41, 5.74) is 8.15. The first kappa shape index (κ1) is 21.9. The molecule has 4 aliphatic rings. The zero-order valence-corrected chi connectivity index (χ0v) is 20.1. The highest BCUT2D eigenvalue weighted by atomic mass is 16.5. The van der Waals surface area contributed by atoms with E-state index in [0.29, 0.717) is 19.0 Å². The van der Waals surface area contributed by atoms with Crippen molar-refractivity contribution in [3.63, 3.8) is 0 Å². The molecule has 0 N–H and O–H groups in total. The molecule has 1 aromatic heterocycles. The lowest BCUT2D eigenvalue weighted by Gasteiger charge is -2.42. The largest absolute Gasteiger partial charge is 0.381 e. The number of amides is 1. The van der Waals surface area contributed by atoms with E-state index >= 15 is 0 Å². The molecule has 34 heavy (non-hydrogen) atoms. The Labute approximate surface area is 202 Å². The van der Waals surface area contributed by atoms with Gasteiger partial charge >= 0.3 is 0 Å². The maximum absolute atomic E-state index is 13.2. The number of rotatable bonds is 4. The van der Waals surface area contributed by atoms with Gasteiger partial charge < -0.3 is 14.5 Å². The summed E-state index contributed by atoms with van der Waals surface area (Å²) in [5.74, 6) is 1.02. The van der Waals surface area contributed by atoms with Gasteiger partial charge in [0.25, 0.3) is 0 Å². The maximum atomic E-state index is 13.2. The molecule has 2 fully saturated rings. The highest BCUT2D eigenvalue weighted by molar-refractivity contribution is 6.15. The highest BCUT2D eigenvalue weighted by Gasteiger charge is 2.34. The van der Waals surface area contributed by atoms with Gasteiger partial charge in [-0.1, -0.05) is 6.07 Å². The fourth-order valence-corrected chi connectivity index (χ4v) is 6.21. The van der Waals surface area contributed by atoms with Gasteiger partial charge in [0, 0.05) is 61.9 Å². The maximum Gasteiger partial charge on any atom is 0.227 e. The molecular weight excluding hydrogens is 424 g/mol. The molecule has 6 rings (SSSR count). The number of ether oxygens (including phenoxy) is 1. The molecule has 0 aliphatic carbocycles. The van der Waals surface area contributed by atoms with Crippen LogP contribution in [0.25, 0.3) is 0 Å². The number of carbonyl (C=O) groups is 1. The normalized spacial score (nSPS) is 23.6. The Hall–Kier alpha value is -2.57. The van der Waals surface area contributed by atoms with Crippen molar-refractivity contribution < 1.29 is 9.53 Å². The number of hydrogen-bond donors (Lipinski definition) is 0. The molecule has 6 heteroatoms. The van der Waals surface area contributed by atoms with Crippen molar-refractivity contribution in [3.8, 4) is 0 Å². The Bertz CT molecular complexity index is 1120. The lowest BCUT2D eigenvalue weighted by Crippen LogP contribution is -2.52. The standard InChI is InChI=1S/C28H34N4O2/c1-19-11-21(4-7-29-19)28-26-13-24-17-32(27(33)14-22(24)12-23(26)15-30-28)25-3-2-8-31(18-25)16-20-5-9-34-10-6-20/h4,7,11-13,20,25H,2-3,5-6,8-10,14-18H2,1H3/t25-/m1/s1. The zero-order chi connectivity index (χ0) is 23.1. The van der Waals surface area contributed by atoms with Crippen LogP contribution in [0, 0.1) is 12.8 Å². The molecule has 1 aromatic carbocycles. The molecule has 0 unspecified atom stereocenters. The molecular formula is C28H34N4O2. The van der Waals surface area contributed by atoms with Gasteiger partial charge in [-0.25, -0.2) is 0 Å². The third-order valence-electron chi connectivity index (χ3n) is 8.04. The number of likely N-dealkylation sites (tertiary alicyclic amines) is 1. The van der Waals surface area contributed by atoms with Gasteiger partial charge in [0.15, 0.2) is 0 Å². The van der Waals surface area contributed by atoms with E-state index in [1.165, 1.54) is 41.5 Å². The molecule has 1 atom stereocenters. The molecule has 5 heterocycles. The second kappa shape index (κ2) is 9.23. The number of hydrogen-bond acceptors (Lipinski definition) is 5. The lowest BCUT2D eigenvalue weighted by atomic mass is 9.89. The summed E-state index contributed by atoms with van der Waals surface area (Å²) in [6.07, 6.45) is 7.00. The Balaban J connectivity index is 1.20. The van der Waals surface area contributed by atoms with Crippen molar-refractivity contribution in [1.82, 2.24) is 14.8 Å². The second-order valence-electron chi connectivity index (χ2n) is 10.4. The van der Waals surface area contributed by atoms with Crippen LogP contribution in [0.1, 0.15) is 59.2 Å². The van der Waals surface area contributed by atoms with Crippen molar-refractivity contribution in [2.75, 3.05) is 32.8 Å². The molecule has 6 nitrogen and oxygen atoms in total. The van der Waals surface area contributed by atoms with Gasteiger partial charge in [0.05, 0.1) is 18.7 Å². The van der Waals surface area contributed by atoms with Gasteiger partial charge in [-0.15, -0.1) is 0 Å². The van der Waals surface area contributed by atoms with E-state index < -0.39 is 0 Å². The first-order valence-corrected chi connectivity index (χ1v) is 12.9. The fraction of sp³-hybridized carbons (Fsp3) is 0.536. The number of benzene rings is 1. The summed E-state index contributed by atoms with van der Waals surface area (Å²) < 4.78 is 5.54. The second-order valence-corrected chi connectivity index (χ2v) is 10.4. The van der Waals surface area contributed by atoms with Crippen LogP contribution < -0.4 is 0 Å². The summed E-state index contributed by atoms with van der Waals surface area (Å²) in [4.78, 5) is 27.2. The third-order valence-corrected chi connectivity index (χ3v) is 8.04. The quantitative estimate of drug-likeness (QED) is 0.704. The molecule has 0 spiro atoms. The van der Waals surface area contributed by atoms with Crippen molar-refractivity contribution >= 4 is 11.6 Å². The van der Waals surface area contributed by atoms with E-state index in [1.54, 1.807) is 0 Å². The first-order chi connectivity index (χ1) is 16.6. The predicted molar refractivity (Wildman–Crippen MR) is 132 cm³/mol. The number of fused-ring (bicyclic) bond motifs is 2. The first-order valence-electron chi connectivity index (χ1n) is 12.9. The van der Waals surface area contributed by atoms with Crippen LogP contribution in [0.15, 0.2) is 35.5 Å². The summed E-state index contributed by atoms with van der Waals surface area (Å²) in [5, 5.41) is 0. The lowest BCUT2D eigenvalue weighted by molar-refractivity contribution is -0.135. The van der Waals surface area contributed by atoms with Crippen LogP contribution >= 0.6 is 0 Å². The number of aliphatic imine (C=N–C) groups is 1. The molecule has 2 aromatic rings. The monoisotopic (exact) mass is 458 g/mol.